The highest BCUT2D eigenvalue weighted by molar-refractivity contribution is 5.89. The first-order valence-corrected chi connectivity index (χ1v) is 10.8. The van der Waals surface area contributed by atoms with Gasteiger partial charge in [-0.2, -0.15) is 0 Å². The first-order chi connectivity index (χ1) is 14.1. The first kappa shape index (κ1) is 19.9. The van der Waals surface area contributed by atoms with E-state index in [2.05, 4.69) is 5.32 Å². The Morgan fingerprint density at radius 3 is 2.76 bits per heavy atom. The first-order valence-electron chi connectivity index (χ1n) is 10.8. The molecule has 1 atom stereocenters. The number of alkyl carbamates (subject to hydrolysis) is 1. The van der Waals surface area contributed by atoms with E-state index < -0.39 is 11.5 Å². The van der Waals surface area contributed by atoms with E-state index in [-0.39, 0.29) is 18.7 Å². The second-order valence-electron chi connectivity index (χ2n) is 8.17. The van der Waals surface area contributed by atoms with Gasteiger partial charge >= 0.3 is 6.09 Å². The van der Waals surface area contributed by atoms with Gasteiger partial charge in [0.05, 0.1) is 12.0 Å². The molecular formula is C22H30N2O5. The van der Waals surface area contributed by atoms with Crippen molar-refractivity contribution in [2.75, 3.05) is 26.5 Å². The van der Waals surface area contributed by atoms with Gasteiger partial charge in [0.2, 0.25) is 12.7 Å². The highest BCUT2D eigenvalue weighted by Crippen LogP contribution is 2.44. The highest BCUT2D eigenvalue weighted by Gasteiger charge is 2.45. The van der Waals surface area contributed by atoms with E-state index in [0.717, 1.165) is 68.6 Å². The normalized spacial score (nSPS) is 22.8. The van der Waals surface area contributed by atoms with E-state index in [9.17, 15) is 9.59 Å². The van der Waals surface area contributed by atoms with Crippen LogP contribution in [0, 0.1) is 0 Å². The lowest BCUT2D eigenvalue weighted by Gasteiger charge is -2.43. The van der Waals surface area contributed by atoms with Crippen LogP contribution in [0.1, 0.15) is 57.4 Å². The predicted octanol–water partition coefficient (Wildman–Crippen LogP) is 3.35. The van der Waals surface area contributed by atoms with E-state index in [4.69, 9.17) is 14.2 Å². The second kappa shape index (κ2) is 8.51. The van der Waals surface area contributed by atoms with Crippen LogP contribution in [-0.2, 0) is 14.9 Å². The van der Waals surface area contributed by atoms with Gasteiger partial charge in [0.15, 0.2) is 11.5 Å². The van der Waals surface area contributed by atoms with Crippen LogP contribution in [-0.4, -0.2) is 49.4 Å². The fourth-order valence-corrected chi connectivity index (χ4v) is 4.90. The smallest absolute Gasteiger partial charge is 0.407 e. The maximum absolute atomic E-state index is 13.8. The van der Waals surface area contributed by atoms with Crippen LogP contribution in [0.25, 0.3) is 0 Å². The number of fused-ring (bicyclic) bond motifs is 1. The van der Waals surface area contributed by atoms with Gasteiger partial charge in [-0.25, -0.2) is 4.79 Å². The summed E-state index contributed by atoms with van der Waals surface area (Å²) >= 11 is 0. The quantitative estimate of drug-likeness (QED) is 0.836. The van der Waals surface area contributed by atoms with E-state index in [1.165, 1.54) is 0 Å². The molecular weight excluding hydrogens is 372 g/mol. The van der Waals surface area contributed by atoms with E-state index in [1.54, 1.807) is 6.92 Å². The van der Waals surface area contributed by atoms with Gasteiger partial charge in [-0.05, 0) is 50.3 Å². The van der Waals surface area contributed by atoms with Crippen LogP contribution in [0.3, 0.4) is 0 Å². The molecule has 1 aromatic rings. The van der Waals surface area contributed by atoms with E-state index in [0.29, 0.717) is 13.2 Å². The molecule has 0 radical (unpaired) electrons. The predicted molar refractivity (Wildman–Crippen MR) is 107 cm³/mol. The average molecular weight is 402 g/mol. The zero-order valence-electron chi connectivity index (χ0n) is 17.1. The molecule has 1 aliphatic carbocycles. The van der Waals surface area contributed by atoms with Crippen molar-refractivity contribution in [1.82, 2.24) is 10.2 Å². The molecule has 0 spiro atoms. The van der Waals surface area contributed by atoms with Crippen molar-refractivity contribution in [3.05, 3.63) is 23.8 Å². The molecule has 0 bridgehead atoms. The zero-order chi connectivity index (χ0) is 20.3. The molecule has 2 fully saturated rings. The number of piperidine rings is 1. The number of carbonyl (C=O) groups is 2. The molecule has 7 nitrogen and oxygen atoms in total. The number of ether oxygens (including phenoxy) is 3. The summed E-state index contributed by atoms with van der Waals surface area (Å²) in [7, 11) is 0. The van der Waals surface area contributed by atoms with Gasteiger partial charge in [0.25, 0.3) is 0 Å². The summed E-state index contributed by atoms with van der Waals surface area (Å²) in [5, 5.41) is 2.90. The van der Waals surface area contributed by atoms with E-state index in [1.807, 2.05) is 23.1 Å². The lowest BCUT2D eigenvalue weighted by Crippen LogP contribution is -2.55. The molecule has 1 saturated heterocycles. The van der Waals surface area contributed by atoms with Gasteiger partial charge in [0.1, 0.15) is 0 Å². The summed E-state index contributed by atoms with van der Waals surface area (Å²) in [5.74, 6) is 1.64. The molecule has 1 unspecified atom stereocenters. The van der Waals surface area contributed by atoms with Crippen LogP contribution in [0.4, 0.5) is 4.79 Å². The number of nitrogens with zero attached hydrogens (tertiary/aromatic N) is 1. The molecule has 0 aromatic heterocycles. The van der Waals surface area contributed by atoms with Crippen molar-refractivity contribution in [2.45, 2.75) is 63.3 Å². The molecule has 4 rings (SSSR count). The molecule has 2 heterocycles. The summed E-state index contributed by atoms with van der Waals surface area (Å²) in [6, 6.07) is 5.87. The largest absolute Gasteiger partial charge is 0.454 e. The zero-order valence-corrected chi connectivity index (χ0v) is 17.1. The Labute approximate surface area is 171 Å². The standard InChI is InChI=1S/C22H30N2O5/c1-2-27-21(26)23-17-7-6-12-24(14-17)20(25)22(10-4-3-5-11-22)16-8-9-18-19(13-16)29-15-28-18/h8-9,13,17H,2-7,10-12,14-15H2,1H3,(H,23,26). The van der Waals surface area contributed by atoms with Crippen molar-refractivity contribution in [2.24, 2.45) is 0 Å². The van der Waals surface area contributed by atoms with Crippen LogP contribution < -0.4 is 14.8 Å². The minimum absolute atomic E-state index is 0.0656. The van der Waals surface area contributed by atoms with Gasteiger partial charge in [-0.1, -0.05) is 25.3 Å². The number of nitrogens with one attached hydrogen (secondary N) is 1. The SMILES string of the molecule is CCOC(=O)NC1CCCN(C(=O)C2(c3ccc4c(c3)OCO4)CCCCC2)C1. The van der Waals surface area contributed by atoms with Gasteiger partial charge in [0, 0.05) is 19.1 Å². The summed E-state index contributed by atoms with van der Waals surface area (Å²) in [6.45, 7) is 3.62. The number of hydrogen-bond donors (Lipinski definition) is 1. The minimum Gasteiger partial charge on any atom is -0.454 e. The Morgan fingerprint density at radius 2 is 1.97 bits per heavy atom. The number of benzene rings is 1. The molecule has 7 heteroatoms. The third-order valence-electron chi connectivity index (χ3n) is 6.35. The van der Waals surface area contributed by atoms with Gasteiger partial charge in [-0.15, -0.1) is 0 Å². The summed E-state index contributed by atoms with van der Waals surface area (Å²) in [4.78, 5) is 27.6. The fraction of sp³-hybridized carbons (Fsp3) is 0.636. The molecule has 29 heavy (non-hydrogen) atoms. The maximum Gasteiger partial charge on any atom is 0.407 e. The molecule has 1 saturated carbocycles. The molecule has 1 aromatic carbocycles. The van der Waals surface area contributed by atoms with Crippen LogP contribution in [0.2, 0.25) is 0 Å². The molecule has 158 valence electrons. The Kier molecular flexibility index (Phi) is 5.83. The Bertz CT molecular complexity index is 760. The summed E-state index contributed by atoms with van der Waals surface area (Å²) < 4.78 is 16.0. The molecule has 3 aliphatic rings. The number of likely N-dealkylation sites (tertiary alicyclic amines) is 1. The van der Waals surface area contributed by atoms with E-state index >= 15 is 0 Å². The summed E-state index contributed by atoms with van der Waals surface area (Å²) in [6.07, 6.45) is 6.26. The molecule has 2 amide bonds. The third kappa shape index (κ3) is 4.00. The topological polar surface area (TPSA) is 77.1 Å². The average Bonchev–Trinajstić information content (AvgIpc) is 3.22. The number of hydrogen-bond acceptors (Lipinski definition) is 5. The minimum atomic E-state index is -0.523. The van der Waals surface area contributed by atoms with Gasteiger partial charge < -0.3 is 24.4 Å². The van der Waals surface area contributed by atoms with Crippen molar-refractivity contribution in [1.29, 1.82) is 0 Å². The fourth-order valence-electron chi connectivity index (χ4n) is 4.90. The van der Waals surface area contributed by atoms with Crippen LogP contribution >= 0.6 is 0 Å². The monoisotopic (exact) mass is 402 g/mol. The van der Waals surface area contributed by atoms with Crippen molar-refractivity contribution >= 4 is 12.0 Å². The second-order valence-corrected chi connectivity index (χ2v) is 8.17. The summed E-state index contributed by atoms with van der Waals surface area (Å²) in [5.41, 5.74) is 0.498. The Hall–Kier alpha value is -2.44. The number of amides is 2. The highest BCUT2D eigenvalue weighted by atomic mass is 16.7. The van der Waals surface area contributed by atoms with Crippen molar-refractivity contribution < 1.29 is 23.8 Å². The number of rotatable bonds is 4. The Balaban J connectivity index is 1.55. The third-order valence-corrected chi connectivity index (χ3v) is 6.35. The number of carbonyl (C=O) groups excluding carboxylic acids is 2. The van der Waals surface area contributed by atoms with Gasteiger partial charge in [-0.3, -0.25) is 4.79 Å². The van der Waals surface area contributed by atoms with Crippen molar-refractivity contribution in [3.63, 3.8) is 0 Å². The van der Waals surface area contributed by atoms with Crippen molar-refractivity contribution in [3.8, 4) is 11.5 Å². The van der Waals surface area contributed by atoms with Crippen LogP contribution in [0.5, 0.6) is 11.5 Å². The molecule has 1 N–H and O–H groups in total. The lowest BCUT2D eigenvalue weighted by molar-refractivity contribution is -0.140. The maximum atomic E-state index is 13.8. The van der Waals surface area contributed by atoms with Crippen LogP contribution in [0.15, 0.2) is 18.2 Å². The Morgan fingerprint density at radius 1 is 1.17 bits per heavy atom. The molecule has 2 aliphatic heterocycles. The lowest BCUT2D eigenvalue weighted by atomic mass is 9.68.